The van der Waals surface area contributed by atoms with Crippen LogP contribution in [0.5, 0.6) is 0 Å². The fourth-order valence-electron chi connectivity index (χ4n) is 1.55. The molecule has 88 valence electrons. The molecule has 0 aliphatic rings. The Bertz CT molecular complexity index is 542. The summed E-state index contributed by atoms with van der Waals surface area (Å²) in [6.07, 6.45) is 0. The molecule has 17 heavy (non-hydrogen) atoms. The minimum Gasteiger partial charge on any atom is -0.382 e. The molecule has 0 unspecified atom stereocenters. The molecule has 0 aliphatic heterocycles. The van der Waals surface area contributed by atoms with Crippen LogP contribution in [-0.4, -0.2) is 30.3 Å². The SMILES string of the molecule is COCCOCc1nc2c(C#N)cccc2[nH]1. The lowest BCUT2D eigenvalue weighted by atomic mass is 10.2. The van der Waals surface area contributed by atoms with Crippen LogP contribution in [0.15, 0.2) is 18.2 Å². The van der Waals surface area contributed by atoms with E-state index in [0.717, 1.165) is 11.3 Å². The summed E-state index contributed by atoms with van der Waals surface area (Å²) in [5.74, 6) is 0.721. The second-order valence-corrected chi connectivity index (χ2v) is 3.54. The number of hydrogen-bond donors (Lipinski definition) is 1. The van der Waals surface area contributed by atoms with Crippen molar-refractivity contribution in [1.82, 2.24) is 9.97 Å². The van der Waals surface area contributed by atoms with Gasteiger partial charge in [0, 0.05) is 7.11 Å². The van der Waals surface area contributed by atoms with Crippen molar-refractivity contribution < 1.29 is 9.47 Å². The number of ether oxygens (including phenoxy) is 2. The minimum atomic E-state index is 0.392. The molecule has 0 bridgehead atoms. The van der Waals surface area contributed by atoms with E-state index in [1.165, 1.54) is 0 Å². The Hall–Kier alpha value is -1.90. The third-order valence-electron chi connectivity index (χ3n) is 2.35. The first-order valence-electron chi connectivity index (χ1n) is 5.29. The predicted octanol–water partition coefficient (Wildman–Crippen LogP) is 1.60. The van der Waals surface area contributed by atoms with E-state index in [9.17, 15) is 0 Å². The molecule has 2 rings (SSSR count). The lowest BCUT2D eigenvalue weighted by Crippen LogP contribution is -2.02. The summed E-state index contributed by atoms with van der Waals surface area (Å²) in [6.45, 7) is 1.48. The monoisotopic (exact) mass is 231 g/mol. The highest BCUT2D eigenvalue weighted by Crippen LogP contribution is 2.15. The van der Waals surface area contributed by atoms with Crippen molar-refractivity contribution in [2.45, 2.75) is 6.61 Å². The number of nitrogens with zero attached hydrogens (tertiary/aromatic N) is 2. The molecule has 5 heteroatoms. The van der Waals surface area contributed by atoms with Crippen LogP contribution in [0.25, 0.3) is 11.0 Å². The van der Waals surface area contributed by atoms with Crippen LogP contribution < -0.4 is 0 Å². The number of benzene rings is 1. The van der Waals surface area contributed by atoms with Crippen LogP contribution in [0.1, 0.15) is 11.4 Å². The van der Waals surface area contributed by atoms with Crippen LogP contribution in [0.3, 0.4) is 0 Å². The van der Waals surface area contributed by atoms with Crippen molar-refractivity contribution >= 4 is 11.0 Å². The number of hydrogen-bond acceptors (Lipinski definition) is 4. The summed E-state index contributed by atoms with van der Waals surface area (Å²) >= 11 is 0. The van der Waals surface area contributed by atoms with Gasteiger partial charge in [-0.15, -0.1) is 0 Å². The molecule has 0 amide bonds. The minimum absolute atomic E-state index is 0.392. The number of nitriles is 1. The molecule has 1 N–H and O–H groups in total. The molecular formula is C12H13N3O2. The summed E-state index contributed by atoms with van der Waals surface area (Å²) in [7, 11) is 1.63. The van der Waals surface area contributed by atoms with Crippen LogP contribution in [-0.2, 0) is 16.1 Å². The first-order valence-corrected chi connectivity index (χ1v) is 5.29. The second kappa shape index (κ2) is 5.43. The molecule has 1 heterocycles. The molecular weight excluding hydrogens is 218 g/mol. The molecule has 0 radical (unpaired) electrons. The Balaban J connectivity index is 2.12. The van der Waals surface area contributed by atoms with Gasteiger partial charge in [-0.2, -0.15) is 5.26 Å². The Morgan fingerprint density at radius 2 is 2.29 bits per heavy atom. The van der Waals surface area contributed by atoms with E-state index < -0.39 is 0 Å². The fraction of sp³-hybridized carbons (Fsp3) is 0.333. The number of imidazole rings is 1. The predicted molar refractivity (Wildman–Crippen MR) is 62.3 cm³/mol. The average molecular weight is 231 g/mol. The Labute approximate surface area is 99.0 Å². The maximum Gasteiger partial charge on any atom is 0.133 e. The molecule has 2 aromatic rings. The van der Waals surface area contributed by atoms with Crippen LogP contribution in [0, 0.1) is 11.3 Å². The van der Waals surface area contributed by atoms with Crippen molar-refractivity contribution in [3.63, 3.8) is 0 Å². The van der Waals surface area contributed by atoms with Crippen molar-refractivity contribution in [1.29, 1.82) is 5.26 Å². The number of aromatic amines is 1. The van der Waals surface area contributed by atoms with E-state index in [2.05, 4.69) is 16.0 Å². The van der Waals surface area contributed by atoms with Gasteiger partial charge in [0.15, 0.2) is 0 Å². The number of nitrogens with one attached hydrogen (secondary N) is 1. The summed E-state index contributed by atoms with van der Waals surface area (Å²) in [4.78, 5) is 7.46. The highest BCUT2D eigenvalue weighted by atomic mass is 16.5. The smallest absolute Gasteiger partial charge is 0.133 e. The molecule has 1 aromatic heterocycles. The Morgan fingerprint density at radius 1 is 1.41 bits per heavy atom. The number of fused-ring (bicyclic) bond motifs is 1. The summed E-state index contributed by atoms with van der Waals surface area (Å²) in [5, 5.41) is 8.94. The van der Waals surface area contributed by atoms with Gasteiger partial charge in [0.05, 0.1) is 24.3 Å². The van der Waals surface area contributed by atoms with E-state index >= 15 is 0 Å². The molecule has 0 aliphatic carbocycles. The van der Waals surface area contributed by atoms with E-state index in [-0.39, 0.29) is 0 Å². The number of H-pyrrole nitrogens is 1. The van der Waals surface area contributed by atoms with Gasteiger partial charge in [-0.25, -0.2) is 4.98 Å². The normalized spacial score (nSPS) is 10.6. The second-order valence-electron chi connectivity index (χ2n) is 3.54. The maximum absolute atomic E-state index is 8.94. The molecule has 5 nitrogen and oxygen atoms in total. The Kier molecular flexibility index (Phi) is 3.70. The topological polar surface area (TPSA) is 70.9 Å². The van der Waals surface area contributed by atoms with Crippen molar-refractivity contribution in [3.05, 3.63) is 29.6 Å². The molecule has 1 aromatic carbocycles. The van der Waals surface area contributed by atoms with E-state index in [1.807, 2.05) is 12.1 Å². The highest BCUT2D eigenvalue weighted by molar-refractivity contribution is 5.81. The van der Waals surface area contributed by atoms with Gasteiger partial charge in [-0.1, -0.05) is 6.07 Å². The molecule has 0 saturated heterocycles. The first kappa shape index (κ1) is 11.6. The van der Waals surface area contributed by atoms with Gasteiger partial charge in [-0.05, 0) is 12.1 Å². The standard InChI is InChI=1S/C12H13N3O2/c1-16-5-6-17-8-11-14-10-4-2-3-9(7-13)12(10)15-11/h2-4H,5-6,8H2,1H3,(H,14,15). The zero-order chi connectivity index (χ0) is 12.1. The molecule has 0 fully saturated rings. The van der Waals surface area contributed by atoms with Gasteiger partial charge in [0.2, 0.25) is 0 Å². The van der Waals surface area contributed by atoms with Gasteiger partial charge in [-0.3, -0.25) is 0 Å². The lowest BCUT2D eigenvalue weighted by Gasteiger charge is -1.99. The largest absolute Gasteiger partial charge is 0.382 e. The average Bonchev–Trinajstić information content (AvgIpc) is 2.77. The van der Waals surface area contributed by atoms with E-state index in [4.69, 9.17) is 14.7 Å². The Morgan fingerprint density at radius 3 is 3.06 bits per heavy atom. The van der Waals surface area contributed by atoms with Crippen molar-refractivity contribution in [2.24, 2.45) is 0 Å². The zero-order valence-corrected chi connectivity index (χ0v) is 9.56. The van der Waals surface area contributed by atoms with E-state index in [0.29, 0.717) is 30.9 Å². The van der Waals surface area contributed by atoms with Crippen LogP contribution >= 0.6 is 0 Å². The van der Waals surface area contributed by atoms with Crippen LogP contribution in [0.2, 0.25) is 0 Å². The van der Waals surface area contributed by atoms with Crippen LogP contribution in [0.4, 0.5) is 0 Å². The quantitative estimate of drug-likeness (QED) is 0.793. The summed E-state index contributed by atoms with van der Waals surface area (Å²) < 4.78 is 10.2. The fourth-order valence-corrected chi connectivity index (χ4v) is 1.55. The first-order chi connectivity index (χ1) is 8.35. The maximum atomic E-state index is 8.94. The molecule has 0 atom stereocenters. The van der Waals surface area contributed by atoms with Crippen molar-refractivity contribution in [3.8, 4) is 6.07 Å². The highest BCUT2D eigenvalue weighted by Gasteiger charge is 2.06. The van der Waals surface area contributed by atoms with Crippen molar-refractivity contribution in [2.75, 3.05) is 20.3 Å². The number of para-hydroxylation sites is 1. The third kappa shape index (κ3) is 2.61. The molecule has 0 spiro atoms. The number of methoxy groups -OCH3 is 1. The third-order valence-corrected chi connectivity index (χ3v) is 2.35. The van der Waals surface area contributed by atoms with E-state index in [1.54, 1.807) is 13.2 Å². The summed E-state index contributed by atoms with van der Waals surface area (Å²) in [5.41, 5.74) is 2.12. The molecule has 0 saturated carbocycles. The summed E-state index contributed by atoms with van der Waals surface area (Å²) in [6, 6.07) is 7.58. The number of aromatic nitrogens is 2. The lowest BCUT2D eigenvalue weighted by molar-refractivity contribution is 0.0590. The van der Waals surface area contributed by atoms with Gasteiger partial charge in [0.1, 0.15) is 24.0 Å². The van der Waals surface area contributed by atoms with Gasteiger partial charge < -0.3 is 14.5 Å². The zero-order valence-electron chi connectivity index (χ0n) is 9.56. The number of rotatable bonds is 5. The van der Waals surface area contributed by atoms with Gasteiger partial charge in [0.25, 0.3) is 0 Å². The van der Waals surface area contributed by atoms with Gasteiger partial charge >= 0.3 is 0 Å².